The molecule has 0 amide bonds. The number of allylic oxidation sites excluding steroid dienone is 1. The standard InChI is InChI=1S/C19H17BrN2O3S/c1-4-9-25-15-7-6-13(20)11-14(15)17-16(18(23)24-5-2)12(3)21-19-22(17)8-10-26-19/h1,6-8,10-11,17H,5,9H2,2-3H3. The quantitative estimate of drug-likeness (QED) is 0.514. The van der Waals surface area contributed by atoms with Gasteiger partial charge in [-0.25, -0.2) is 9.79 Å². The zero-order chi connectivity index (χ0) is 18.7. The molecular weight excluding hydrogens is 416 g/mol. The van der Waals surface area contributed by atoms with Crippen molar-refractivity contribution in [1.29, 1.82) is 0 Å². The number of fused-ring (bicyclic) bond motifs is 1. The molecule has 1 atom stereocenters. The van der Waals surface area contributed by atoms with Crippen molar-refractivity contribution in [3.8, 4) is 18.1 Å². The van der Waals surface area contributed by atoms with Crippen molar-refractivity contribution in [2.45, 2.75) is 19.9 Å². The number of esters is 1. The van der Waals surface area contributed by atoms with E-state index in [1.165, 1.54) is 11.8 Å². The summed E-state index contributed by atoms with van der Waals surface area (Å²) in [6, 6.07) is 5.25. The average Bonchev–Trinajstić information content (AvgIpc) is 3.07. The second-order valence-electron chi connectivity index (χ2n) is 5.50. The minimum absolute atomic E-state index is 0.143. The largest absolute Gasteiger partial charge is 0.481 e. The van der Waals surface area contributed by atoms with Crippen LogP contribution in [0.5, 0.6) is 5.75 Å². The zero-order valence-corrected chi connectivity index (χ0v) is 16.8. The molecule has 1 aromatic carbocycles. The van der Waals surface area contributed by atoms with Crippen LogP contribution in [-0.2, 0) is 9.53 Å². The van der Waals surface area contributed by atoms with E-state index in [1.54, 1.807) is 6.92 Å². The van der Waals surface area contributed by atoms with Crippen LogP contribution in [0.3, 0.4) is 0 Å². The molecule has 1 unspecified atom stereocenters. The summed E-state index contributed by atoms with van der Waals surface area (Å²) in [5.41, 5.74) is 1.95. The molecule has 0 saturated heterocycles. The third kappa shape index (κ3) is 3.53. The third-order valence-electron chi connectivity index (χ3n) is 3.89. The van der Waals surface area contributed by atoms with Gasteiger partial charge in [0.25, 0.3) is 0 Å². The number of rotatable bonds is 5. The Morgan fingerprint density at radius 3 is 3.04 bits per heavy atom. The number of halogens is 1. The van der Waals surface area contributed by atoms with Gasteiger partial charge in [0.1, 0.15) is 12.4 Å². The van der Waals surface area contributed by atoms with Gasteiger partial charge in [-0.2, -0.15) is 0 Å². The van der Waals surface area contributed by atoms with Gasteiger partial charge in [-0.15, -0.1) is 6.42 Å². The van der Waals surface area contributed by atoms with Gasteiger partial charge in [-0.05, 0) is 37.5 Å². The molecule has 0 aliphatic carbocycles. The summed E-state index contributed by atoms with van der Waals surface area (Å²) < 4.78 is 11.9. The van der Waals surface area contributed by atoms with Crippen LogP contribution in [0.25, 0.3) is 0 Å². The number of aliphatic imine (C=N–C) groups is 1. The molecule has 0 saturated carbocycles. The lowest BCUT2D eigenvalue weighted by Crippen LogP contribution is -2.34. The zero-order valence-electron chi connectivity index (χ0n) is 14.4. The molecule has 2 heterocycles. The number of carbonyl (C=O) groups is 1. The van der Waals surface area contributed by atoms with E-state index in [4.69, 9.17) is 15.9 Å². The Kier molecular flexibility index (Phi) is 5.74. The number of terminal acetylenes is 1. The number of benzene rings is 1. The van der Waals surface area contributed by atoms with Gasteiger partial charge >= 0.3 is 5.97 Å². The van der Waals surface area contributed by atoms with Crippen molar-refractivity contribution in [3.05, 3.63) is 51.1 Å². The fraction of sp³-hybridized carbons (Fsp3) is 0.263. The molecule has 3 rings (SSSR count). The fourth-order valence-electron chi connectivity index (χ4n) is 2.86. The summed E-state index contributed by atoms with van der Waals surface area (Å²) in [4.78, 5) is 19.2. The first-order chi connectivity index (χ1) is 12.6. The lowest BCUT2D eigenvalue weighted by Gasteiger charge is -2.34. The molecule has 0 radical (unpaired) electrons. The van der Waals surface area contributed by atoms with E-state index >= 15 is 0 Å². The Labute approximate surface area is 165 Å². The predicted molar refractivity (Wildman–Crippen MR) is 107 cm³/mol. The van der Waals surface area contributed by atoms with Crippen molar-refractivity contribution < 1.29 is 14.3 Å². The number of amidine groups is 1. The van der Waals surface area contributed by atoms with Gasteiger partial charge in [0.05, 0.1) is 23.9 Å². The van der Waals surface area contributed by atoms with Crippen LogP contribution in [0.1, 0.15) is 25.5 Å². The van der Waals surface area contributed by atoms with Gasteiger partial charge in [-0.1, -0.05) is 33.6 Å². The monoisotopic (exact) mass is 432 g/mol. The lowest BCUT2D eigenvalue weighted by atomic mass is 9.94. The highest BCUT2D eigenvalue weighted by Crippen LogP contribution is 2.44. The van der Waals surface area contributed by atoms with Crippen molar-refractivity contribution in [3.63, 3.8) is 0 Å². The SMILES string of the molecule is C#CCOc1ccc(Br)cc1C1C(C(=O)OCC)=C(C)N=C2SC=CN21. The lowest BCUT2D eigenvalue weighted by molar-refractivity contribution is -0.139. The maximum absolute atomic E-state index is 12.7. The van der Waals surface area contributed by atoms with Crippen LogP contribution in [0, 0.1) is 12.3 Å². The Hall–Kier alpha value is -2.17. The van der Waals surface area contributed by atoms with Gasteiger partial charge < -0.3 is 14.4 Å². The third-order valence-corrected chi connectivity index (χ3v) is 5.16. The molecule has 0 fully saturated rings. The maximum Gasteiger partial charge on any atom is 0.338 e. The molecule has 2 aliphatic rings. The van der Waals surface area contributed by atoms with E-state index in [9.17, 15) is 4.79 Å². The second-order valence-corrected chi connectivity index (χ2v) is 7.29. The van der Waals surface area contributed by atoms with Gasteiger partial charge in [-0.3, -0.25) is 0 Å². The molecule has 5 nitrogen and oxygen atoms in total. The molecule has 0 bridgehead atoms. The minimum atomic E-state index is -0.405. The first kappa shape index (κ1) is 18.6. The van der Waals surface area contributed by atoms with Crippen LogP contribution < -0.4 is 4.74 Å². The number of thioether (sulfide) groups is 1. The van der Waals surface area contributed by atoms with Crippen molar-refractivity contribution in [2.24, 2.45) is 4.99 Å². The summed E-state index contributed by atoms with van der Waals surface area (Å²) in [6.45, 7) is 4.04. The molecular formula is C19H17BrN2O3S. The Morgan fingerprint density at radius 1 is 1.50 bits per heavy atom. The molecule has 0 N–H and O–H groups in total. The normalized spacial score (nSPS) is 18.3. The Morgan fingerprint density at radius 2 is 2.31 bits per heavy atom. The molecule has 2 aliphatic heterocycles. The van der Waals surface area contributed by atoms with E-state index in [-0.39, 0.29) is 12.6 Å². The van der Waals surface area contributed by atoms with Crippen molar-refractivity contribution in [2.75, 3.05) is 13.2 Å². The van der Waals surface area contributed by atoms with Crippen LogP contribution in [0.2, 0.25) is 0 Å². The summed E-state index contributed by atoms with van der Waals surface area (Å²) in [5.74, 6) is 2.72. The van der Waals surface area contributed by atoms with E-state index in [0.717, 1.165) is 15.2 Å². The fourth-order valence-corrected chi connectivity index (χ4v) is 4.03. The van der Waals surface area contributed by atoms with Crippen LogP contribution in [0.4, 0.5) is 0 Å². The van der Waals surface area contributed by atoms with E-state index in [2.05, 4.69) is 26.8 Å². The topological polar surface area (TPSA) is 51.1 Å². The predicted octanol–water partition coefficient (Wildman–Crippen LogP) is 4.23. The second kappa shape index (κ2) is 8.02. The summed E-state index contributed by atoms with van der Waals surface area (Å²) in [7, 11) is 0. The Bertz CT molecular complexity index is 870. The molecule has 134 valence electrons. The molecule has 1 aromatic rings. The molecule has 0 aromatic heterocycles. The van der Waals surface area contributed by atoms with E-state index in [1.807, 2.05) is 41.6 Å². The van der Waals surface area contributed by atoms with Gasteiger partial charge in [0.15, 0.2) is 5.17 Å². The first-order valence-corrected chi connectivity index (χ1v) is 9.68. The van der Waals surface area contributed by atoms with E-state index < -0.39 is 6.04 Å². The average molecular weight is 433 g/mol. The highest BCUT2D eigenvalue weighted by atomic mass is 79.9. The van der Waals surface area contributed by atoms with Crippen molar-refractivity contribution >= 4 is 38.8 Å². The molecule has 7 heteroatoms. The smallest absolute Gasteiger partial charge is 0.338 e. The number of nitrogens with zero attached hydrogens (tertiary/aromatic N) is 2. The van der Waals surface area contributed by atoms with Gasteiger partial charge in [0, 0.05) is 16.2 Å². The highest BCUT2D eigenvalue weighted by molar-refractivity contribution is 9.10. The molecule has 26 heavy (non-hydrogen) atoms. The highest BCUT2D eigenvalue weighted by Gasteiger charge is 2.39. The summed E-state index contributed by atoms with van der Waals surface area (Å²) in [5, 5.41) is 2.75. The number of hydrogen-bond acceptors (Lipinski definition) is 6. The van der Waals surface area contributed by atoms with E-state index in [0.29, 0.717) is 23.6 Å². The number of ether oxygens (including phenoxy) is 2. The van der Waals surface area contributed by atoms with Crippen LogP contribution in [0.15, 0.2) is 50.5 Å². The molecule has 0 spiro atoms. The number of hydrogen-bond donors (Lipinski definition) is 0. The Balaban J connectivity index is 2.15. The van der Waals surface area contributed by atoms with Gasteiger partial charge in [0.2, 0.25) is 0 Å². The first-order valence-electron chi connectivity index (χ1n) is 8.00. The summed E-state index contributed by atoms with van der Waals surface area (Å²) >= 11 is 5.01. The van der Waals surface area contributed by atoms with Crippen LogP contribution >= 0.6 is 27.7 Å². The minimum Gasteiger partial charge on any atom is -0.481 e. The maximum atomic E-state index is 12.7. The van der Waals surface area contributed by atoms with Crippen LogP contribution in [-0.4, -0.2) is 29.3 Å². The summed E-state index contributed by atoms with van der Waals surface area (Å²) in [6.07, 6.45) is 7.25. The number of carbonyl (C=O) groups excluding carboxylic acids is 1. The van der Waals surface area contributed by atoms with Crippen molar-refractivity contribution in [1.82, 2.24) is 4.90 Å².